The van der Waals surface area contributed by atoms with E-state index in [0.717, 1.165) is 0 Å². The molecule has 0 aliphatic carbocycles. The molecule has 3 nitrogen and oxygen atoms in total. The van der Waals surface area contributed by atoms with Gasteiger partial charge < -0.3 is 10.0 Å². The maximum atomic E-state index is 12.4. The molecule has 0 unspecified atom stereocenters. The number of hydrogen-bond acceptors (Lipinski definition) is 2. The first kappa shape index (κ1) is 16.1. The fourth-order valence-electron chi connectivity index (χ4n) is 1.43. The molecule has 0 spiro atoms. The molecule has 0 fully saturated rings. The fourth-order valence-corrected chi connectivity index (χ4v) is 1.81. The van der Waals surface area contributed by atoms with Gasteiger partial charge in [-0.3, -0.25) is 4.79 Å². The molecule has 0 radical (unpaired) electrons. The number of nitrogens with zero attached hydrogens (tertiary/aromatic N) is 1. The van der Waals surface area contributed by atoms with Crippen molar-refractivity contribution >= 4 is 29.1 Å². The standard InChI is InChI=1S/C11H10Cl2F3NO2/c12-8-3-1-2-7(9(8)13)10(19)17(4-5-18)6-11(14,15)16/h1-3,18H,4-6H2. The van der Waals surface area contributed by atoms with Crippen molar-refractivity contribution < 1.29 is 23.1 Å². The van der Waals surface area contributed by atoms with Crippen LogP contribution in [-0.4, -0.2) is 41.8 Å². The van der Waals surface area contributed by atoms with Gasteiger partial charge in [-0.25, -0.2) is 0 Å². The Morgan fingerprint density at radius 1 is 1.32 bits per heavy atom. The summed E-state index contributed by atoms with van der Waals surface area (Å²) in [7, 11) is 0. The van der Waals surface area contributed by atoms with Crippen LogP contribution in [-0.2, 0) is 0 Å². The van der Waals surface area contributed by atoms with Crippen LogP contribution in [0.5, 0.6) is 0 Å². The van der Waals surface area contributed by atoms with Gasteiger partial charge in [0.1, 0.15) is 6.54 Å². The van der Waals surface area contributed by atoms with Crippen LogP contribution < -0.4 is 0 Å². The number of aliphatic hydroxyl groups excluding tert-OH is 1. The second kappa shape index (κ2) is 6.45. The Kier molecular flexibility index (Phi) is 5.46. The molecule has 0 atom stereocenters. The highest BCUT2D eigenvalue weighted by Crippen LogP contribution is 2.27. The summed E-state index contributed by atoms with van der Waals surface area (Å²) in [5.41, 5.74) is -0.133. The van der Waals surface area contributed by atoms with Gasteiger partial charge in [-0.1, -0.05) is 29.3 Å². The summed E-state index contributed by atoms with van der Waals surface area (Å²) in [6, 6.07) is 4.10. The SMILES string of the molecule is O=C(c1cccc(Cl)c1Cl)N(CCO)CC(F)(F)F. The van der Waals surface area contributed by atoms with Crippen molar-refractivity contribution in [1.82, 2.24) is 4.90 Å². The molecule has 1 aromatic carbocycles. The van der Waals surface area contributed by atoms with E-state index >= 15 is 0 Å². The molecular weight excluding hydrogens is 306 g/mol. The zero-order valence-electron chi connectivity index (χ0n) is 9.55. The van der Waals surface area contributed by atoms with Crippen LogP contribution in [0.3, 0.4) is 0 Å². The summed E-state index contributed by atoms with van der Waals surface area (Å²) >= 11 is 11.5. The van der Waals surface area contributed by atoms with Crippen LogP contribution in [0.2, 0.25) is 10.0 Å². The van der Waals surface area contributed by atoms with Crippen LogP contribution in [0, 0.1) is 0 Å². The summed E-state index contributed by atoms with van der Waals surface area (Å²) in [5, 5.41) is 8.69. The Labute approximate surface area is 117 Å². The molecule has 0 aliphatic heterocycles. The van der Waals surface area contributed by atoms with Gasteiger partial charge in [-0.2, -0.15) is 13.2 Å². The topological polar surface area (TPSA) is 40.5 Å². The zero-order chi connectivity index (χ0) is 14.6. The molecule has 1 N–H and O–H groups in total. The quantitative estimate of drug-likeness (QED) is 0.928. The summed E-state index contributed by atoms with van der Waals surface area (Å²) in [6.07, 6.45) is -4.56. The number of hydrogen-bond donors (Lipinski definition) is 1. The average Bonchev–Trinajstić information content (AvgIpc) is 2.30. The van der Waals surface area contributed by atoms with Gasteiger partial charge in [-0.15, -0.1) is 0 Å². The van der Waals surface area contributed by atoms with Crippen LogP contribution in [0.1, 0.15) is 10.4 Å². The second-order valence-electron chi connectivity index (χ2n) is 3.67. The minimum absolute atomic E-state index is 0.0727. The first-order chi connectivity index (χ1) is 8.76. The van der Waals surface area contributed by atoms with Crippen molar-refractivity contribution in [2.75, 3.05) is 19.7 Å². The van der Waals surface area contributed by atoms with Gasteiger partial charge in [0.2, 0.25) is 0 Å². The Hall–Kier alpha value is -0.980. The van der Waals surface area contributed by atoms with Crippen LogP contribution in [0.25, 0.3) is 0 Å². The normalized spacial score (nSPS) is 11.5. The van der Waals surface area contributed by atoms with Gasteiger partial charge >= 0.3 is 6.18 Å². The molecule has 106 valence electrons. The van der Waals surface area contributed by atoms with Crippen molar-refractivity contribution in [3.63, 3.8) is 0 Å². The number of benzene rings is 1. The van der Waals surface area contributed by atoms with E-state index in [-0.39, 0.29) is 15.6 Å². The lowest BCUT2D eigenvalue weighted by molar-refractivity contribution is -0.141. The number of carbonyl (C=O) groups excluding carboxylic acids is 1. The van der Waals surface area contributed by atoms with E-state index in [1.165, 1.54) is 18.2 Å². The van der Waals surface area contributed by atoms with Gasteiger partial charge in [0, 0.05) is 6.54 Å². The number of carbonyl (C=O) groups is 1. The third-order valence-electron chi connectivity index (χ3n) is 2.21. The van der Waals surface area contributed by atoms with Gasteiger partial charge in [0.15, 0.2) is 0 Å². The summed E-state index contributed by atoms with van der Waals surface area (Å²) < 4.78 is 37.1. The molecule has 1 amide bonds. The highest BCUT2D eigenvalue weighted by molar-refractivity contribution is 6.43. The summed E-state index contributed by atoms with van der Waals surface area (Å²) in [4.78, 5) is 12.4. The highest BCUT2D eigenvalue weighted by atomic mass is 35.5. The number of halogens is 5. The zero-order valence-corrected chi connectivity index (χ0v) is 11.1. The number of amides is 1. The van der Waals surface area contributed by atoms with Crippen LogP contribution in [0.15, 0.2) is 18.2 Å². The third kappa shape index (κ3) is 4.56. The lowest BCUT2D eigenvalue weighted by atomic mass is 10.2. The number of rotatable bonds is 4. The monoisotopic (exact) mass is 315 g/mol. The number of aliphatic hydroxyl groups is 1. The van der Waals surface area contributed by atoms with Gasteiger partial charge in [0.25, 0.3) is 5.91 Å². The molecule has 0 aliphatic rings. The molecule has 8 heteroatoms. The van der Waals surface area contributed by atoms with Crippen molar-refractivity contribution in [2.45, 2.75) is 6.18 Å². The number of alkyl halides is 3. The first-order valence-electron chi connectivity index (χ1n) is 5.17. The molecule has 1 rings (SSSR count). The van der Waals surface area contributed by atoms with E-state index in [0.29, 0.717) is 4.90 Å². The Balaban J connectivity index is 3.02. The van der Waals surface area contributed by atoms with Crippen molar-refractivity contribution in [3.8, 4) is 0 Å². The van der Waals surface area contributed by atoms with E-state index in [9.17, 15) is 18.0 Å². The van der Waals surface area contributed by atoms with Crippen molar-refractivity contribution in [1.29, 1.82) is 0 Å². The molecule has 0 bridgehead atoms. The van der Waals surface area contributed by atoms with E-state index in [1.807, 2.05) is 0 Å². The third-order valence-corrected chi connectivity index (χ3v) is 3.03. The lowest BCUT2D eigenvalue weighted by Crippen LogP contribution is -2.40. The summed E-state index contributed by atoms with van der Waals surface area (Å²) in [5.74, 6) is -0.932. The first-order valence-corrected chi connectivity index (χ1v) is 5.92. The smallest absolute Gasteiger partial charge is 0.395 e. The van der Waals surface area contributed by atoms with Crippen LogP contribution >= 0.6 is 23.2 Å². The van der Waals surface area contributed by atoms with E-state index < -0.39 is 31.8 Å². The van der Waals surface area contributed by atoms with Crippen molar-refractivity contribution in [2.24, 2.45) is 0 Å². The lowest BCUT2D eigenvalue weighted by Gasteiger charge is -2.23. The minimum atomic E-state index is -4.56. The molecule has 0 saturated heterocycles. The van der Waals surface area contributed by atoms with E-state index in [4.69, 9.17) is 28.3 Å². The van der Waals surface area contributed by atoms with Crippen LogP contribution in [0.4, 0.5) is 13.2 Å². The average molecular weight is 316 g/mol. The highest BCUT2D eigenvalue weighted by Gasteiger charge is 2.33. The second-order valence-corrected chi connectivity index (χ2v) is 4.45. The summed E-state index contributed by atoms with van der Waals surface area (Å²) in [6.45, 7) is -2.49. The minimum Gasteiger partial charge on any atom is -0.395 e. The largest absolute Gasteiger partial charge is 0.406 e. The Morgan fingerprint density at radius 2 is 1.95 bits per heavy atom. The molecule has 19 heavy (non-hydrogen) atoms. The fraction of sp³-hybridized carbons (Fsp3) is 0.364. The molecule has 0 heterocycles. The molecule has 0 saturated carbocycles. The molecular formula is C11H10Cl2F3NO2. The molecule has 1 aromatic rings. The van der Waals surface area contributed by atoms with Gasteiger partial charge in [-0.05, 0) is 12.1 Å². The predicted molar refractivity (Wildman–Crippen MR) is 65.5 cm³/mol. The van der Waals surface area contributed by atoms with Gasteiger partial charge in [0.05, 0.1) is 22.2 Å². The van der Waals surface area contributed by atoms with Crippen molar-refractivity contribution in [3.05, 3.63) is 33.8 Å². The molecule has 0 aromatic heterocycles. The van der Waals surface area contributed by atoms with E-state index in [1.54, 1.807) is 0 Å². The predicted octanol–water partition coefficient (Wildman–Crippen LogP) is 2.99. The maximum absolute atomic E-state index is 12.4. The Bertz CT molecular complexity index is 466. The van der Waals surface area contributed by atoms with E-state index in [2.05, 4.69) is 0 Å². The maximum Gasteiger partial charge on any atom is 0.406 e. The Morgan fingerprint density at radius 3 is 2.47 bits per heavy atom.